The van der Waals surface area contributed by atoms with Crippen LogP contribution in [0.1, 0.15) is 5.56 Å². The highest BCUT2D eigenvalue weighted by molar-refractivity contribution is 5.93. The van der Waals surface area contributed by atoms with Gasteiger partial charge in [-0.15, -0.1) is 0 Å². The second kappa shape index (κ2) is 9.01. The van der Waals surface area contributed by atoms with E-state index < -0.39 is 0 Å². The first-order chi connectivity index (χ1) is 13.6. The van der Waals surface area contributed by atoms with Gasteiger partial charge in [0.25, 0.3) is 0 Å². The molecule has 0 fully saturated rings. The summed E-state index contributed by atoms with van der Waals surface area (Å²) < 4.78 is 4.78. The molecule has 6 nitrogen and oxygen atoms in total. The number of methoxy groups -OCH3 is 1. The van der Waals surface area contributed by atoms with Crippen LogP contribution in [0.25, 0.3) is 10.8 Å². The fourth-order valence-electron chi connectivity index (χ4n) is 2.94. The summed E-state index contributed by atoms with van der Waals surface area (Å²) in [6.45, 7) is 0.496. The van der Waals surface area contributed by atoms with Crippen molar-refractivity contribution < 1.29 is 14.3 Å². The molecule has 0 aliphatic rings. The van der Waals surface area contributed by atoms with Crippen molar-refractivity contribution in [2.45, 2.75) is 6.54 Å². The molecule has 0 unspecified atom stereocenters. The van der Waals surface area contributed by atoms with Crippen LogP contribution < -0.4 is 10.6 Å². The van der Waals surface area contributed by atoms with Crippen molar-refractivity contribution in [2.75, 3.05) is 31.4 Å². The third kappa shape index (κ3) is 4.86. The summed E-state index contributed by atoms with van der Waals surface area (Å²) in [6.07, 6.45) is 0. The van der Waals surface area contributed by atoms with Crippen molar-refractivity contribution in [3.63, 3.8) is 0 Å². The maximum absolute atomic E-state index is 12.5. The molecule has 3 aromatic rings. The molecule has 2 N–H and O–H groups in total. The lowest BCUT2D eigenvalue weighted by atomic mass is 10.0. The summed E-state index contributed by atoms with van der Waals surface area (Å²) in [5, 5.41) is 7.87. The summed E-state index contributed by atoms with van der Waals surface area (Å²) in [6, 6.07) is 21.0. The first-order valence-electron chi connectivity index (χ1n) is 8.94. The van der Waals surface area contributed by atoms with Crippen molar-refractivity contribution in [2.24, 2.45) is 0 Å². The number of ether oxygens (including phenoxy) is 1. The quantitative estimate of drug-likeness (QED) is 0.680. The zero-order valence-electron chi connectivity index (χ0n) is 15.9. The number of carbonyl (C=O) groups is 2. The van der Waals surface area contributed by atoms with Crippen LogP contribution in [0.3, 0.4) is 0 Å². The topological polar surface area (TPSA) is 70.7 Å². The molecule has 0 bridgehead atoms. The van der Waals surface area contributed by atoms with Gasteiger partial charge in [0.1, 0.15) is 6.61 Å². The fraction of sp³-hybridized carbons (Fsp3) is 0.182. The van der Waals surface area contributed by atoms with Gasteiger partial charge in [-0.1, -0.05) is 42.5 Å². The van der Waals surface area contributed by atoms with Gasteiger partial charge in [-0.25, -0.2) is 4.79 Å². The van der Waals surface area contributed by atoms with Gasteiger partial charge in [0, 0.05) is 32.1 Å². The lowest BCUT2D eigenvalue weighted by molar-refractivity contribution is -0.119. The predicted molar refractivity (Wildman–Crippen MR) is 111 cm³/mol. The smallest absolute Gasteiger partial charge is 0.321 e. The molecule has 0 spiro atoms. The van der Waals surface area contributed by atoms with E-state index in [2.05, 4.69) is 28.8 Å². The standard InChI is InChI=1S/C22H23N3O3/c1-25(14-17-8-5-7-16-6-3-4-9-20(16)17)22(27)24-19-12-10-18(11-13-19)23-21(26)15-28-2/h3-13H,14-15H2,1-2H3,(H,23,26)(H,24,27). The van der Waals surface area contributed by atoms with Crippen LogP contribution in [0.15, 0.2) is 66.7 Å². The zero-order valence-corrected chi connectivity index (χ0v) is 15.9. The Labute approximate surface area is 164 Å². The van der Waals surface area contributed by atoms with Gasteiger partial charge in [0.15, 0.2) is 0 Å². The zero-order chi connectivity index (χ0) is 19.9. The minimum absolute atomic E-state index is 0.00253. The second-order valence-electron chi connectivity index (χ2n) is 6.48. The van der Waals surface area contributed by atoms with Gasteiger partial charge in [0.2, 0.25) is 5.91 Å². The number of urea groups is 1. The minimum Gasteiger partial charge on any atom is -0.375 e. The molecule has 0 saturated heterocycles. The van der Waals surface area contributed by atoms with Gasteiger partial charge in [0.05, 0.1) is 0 Å². The number of anilines is 2. The van der Waals surface area contributed by atoms with Crippen molar-refractivity contribution in [1.29, 1.82) is 0 Å². The third-order valence-corrected chi connectivity index (χ3v) is 4.33. The van der Waals surface area contributed by atoms with Gasteiger partial charge in [-0.2, -0.15) is 0 Å². The summed E-state index contributed by atoms with van der Waals surface area (Å²) >= 11 is 0. The SMILES string of the molecule is COCC(=O)Nc1ccc(NC(=O)N(C)Cc2cccc3ccccc23)cc1. The summed E-state index contributed by atoms with van der Waals surface area (Å²) in [4.78, 5) is 25.7. The number of nitrogens with zero attached hydrogens (tertiary/aromatic N) is 1. The van der Waals surface area contributed by atoms with Gasteiger partial charge in [-0.05, 0) is 40.6 Å². The van der Waals surface area contributed by atoms with Crippen LogP contribution in [-0.2, 0) is 16.1 Å². The number of rotatable bonds is 6. The highest BCUT2D eigenvalue weighted by atomic mass is 16.5. The maximum atomic E-state index is 12.5. The van der Waals surface area contributed by atoms with E-state index in [1.165, 1.54) is 7.11 Å². The van der Waals surface area contributed by atoms with E-state index in [9.17, 15) is 9.59 Å². The van der Waals surface area contributed by atoms with E-state index in [4.69, 9.17) is 4.74 Å². The third-order valence-electron chi connectivity index (χ3n) is 4.33. The molecule has 3 rings (SSSR count). The van der Waals surface area contributed by atoms with Gasteiger partial charge in [-0.3, -0.25) is 4.79 Å². The number of hydrogen-bond acceptors (Lipinski definition) is 3. The van der Waals surface area contributed by atoms with E-state index in [0.29, 0.717) is 17.9 Å². The Morgan fingerprint density at radius 2 is 1.54 bits per heavy atom. The molecule has 0 aliphatic carbocycles. The molecule has 0 heterocycles. The van der Waals surface area contributed by atoms with Crippen LogP contribution in [0.2, 0.25) is 0 Å². The fourth-order valence-corrected chi connectivity index (χ4v) is 2.94. The van der Waals surface area contributed by atoms with Crippen LogP contribution in [0.4, 0.5) is 16.2 Å². The molecule has 144 valence electrons. The Kier molecular flexibility index (Phi) is 6.24. The van der Waals surface area contributed by atoms with Crippen molar-refractivity contribution in [1.82, 2.24) is 4.90 Å². The average Bonchev–Trinajstić information content (AvgIpc) is 2.70. The molecular weight excluding hydrogens is 354 g/mol. The van der Waals surface area contributed by atoms with E-state index in [-0.39, 0.29) is 18.5 Å². The van der Waals surface area contributed by atoms with Crippen LogP contribution >= 0.6 is 0 Å². The highest BCUT2D eigenvalue weighted by Gasteiger charge is 2.11. The normalized spacial score (nSPS) is 10.5. The molecule has 0 aromatic heterocycles. The molecule has 0 radical (unpaired) electrons. The summed E-state index contributed by atoms with van der Waals surface area (Å²) in [7, 11) is 3.23. The van der Waals surface area contributed by atoms with E-state index in [0.717, 1.165) is 16.3 Å². The number of carbonyl (C=O) groups excluding carboxylic acids is 2. The predicted octanol–water partition coefficient (Wildman–Crippen LogP) is 4.09. The van der Waals surface area contributed by atoms with Crippen LogP contribution in [-0.4, -0.2) is 37.6 Å². The van der Waals surface area contributed by atoms with Crippen molar-refractivity contribution in [3.05, 3.63) is 72.3 Å². The number of hydrogen-bond donors (Lipinski definition) is 2. The molecule has 0 saturated carbocycles. The van der Waals surface area contributed by atoms with Crippen LogP contribution in [0.5, 0.6) is 0 Å². The van der Waals surface area contributed by atoms with Crippen LogP contribution in [0, 0.1) is 0 Å². The van der Waals surface area contributed by atoms with Crippen molar-refractivity contribution >= 4 is 34.1 Å². The number of fused-ring (bicyclic) bond motifs is 1. The highest BCUT2D eigenvalue weighted by Crippen LogP contribution is 2.20. The molecule has 3 amide bonds. The van der Waals surface area contributed by atoms with E-state index in [1.807, 2.05) is 24.3 Å². The number of amides is 3. The summed E-state index contributed by atoms with van der Waals surface area (Å²) in [5.74, 6) is -0.228. The maximum Gasteiger partial charge on any atom is 0.321 e. The Balaban J connectivity index is 1.61. The molecule has 0 aliphatic heterocycles. The van der Waals surface area contributed by atoms with Gasteiger partial charge >= 0.3 is 6.03 Å². The average molecular weight is 377 g/mol. The number of nitrogens with one attached hydrogen (secondary N) is 2. The Morgan fingerprint density at radius 1 is 0.893 bits per heavy atom. The monoisotopic (exact) mass is 377 g/mol. The van der Waals surface area contributed by atoms with E-state index >= 15 is 0 Å². The molecule has 3 aromatic carbocycles. The van der Waals surface area contributed by atoms with Crippen molar-refractivity contribution in [3.8, 4) is 0 Å². The minimum atomic E-state index is -0.228. The number of benzene rings is 3. The molecule has 0 atom stereocenters. The first kappa shape index (κ1) is 19.4. The first-order valence-corrected chi connectivity index (χ1v) is 8.94. The lowest BCUT2D eigenvalue weighted by Crippen LogP contribution is -2.30. The second-order valence-corrected chi connectivity index (χ2v) is 6.48. The Morgan fingerprint density at radius 3 is 2.25 bits per heavy atom. The molecule has 28 heavy (non-hydrogen) atoms. The van der Waals surface area contributed by atoms with E-state index in [1.54, 1.807) is 36.2 Å². The summed E-state index contributed by atoms with van der Waals surface area (Å²) in [5.41, 5.74) is 2.38. The lowest BCUT2D eigenvalue weighted by Gasteiger charge is -2.19. The molecular formula is C22H23N3O3. The largest absolute Gasteiger partial charge is 0.375 e. The molecule has 6 heteroatoms. The Bertz CT molecular complexity index is 965. The Hall–Kier alpha value is -3.38. The van der Waals surface area contributed by atoms with Gasteiger partial charge < -0.3 is 20.3 Å².